The van der Waals surface area contributed by atoms with Crippen molar-refractivity contribution >= 4 is 16.8 Å². The molecule has 2 aromatic heterocycles. The van der Waals surface area contributed by atoms with E-state index < -0.39 is 0 Å². The van der Waals surface area contributed by atoms with Crippen molar-refractivity contribution in [1.29, 1.82) is 0 Å². The largest absolute Gasteiger partial charge is 0.361 e. The predicted octanol–water partition coefficient (Wildman–Crippen LogP) is 2.69. The fourth-order valence-electron chi connectivity index (χ4n) is 4.73. The number of amides is 1. The SMILES string of the molecule is O=C(Cc1c[nH]c2ccccc12)N1CCC(Cn2nc3c(cc2=O)CCC3)CC1. The molecule has 1 aromatic carbocycles. The van der Waals surface area contributed by atoms with Crippen LogP contribution in [0.2, 0.25) is 0 Å². The molecular formula is C23H26N4O2. The van der Waals surface area contributed by atoms with Crippen molar-refractivity contribution in [2.24, 2.45) is 5.92 Å². The third-order valence-electron chi connectivity index (χ3n) is 6.44. The quantitative estimate of drug-likeness (QED) is 0.745. The number of para-hydroxylation sites is 1. The molecule has 1 amide bonds. The zero-order chi connectivity index (χ0) is 19.8. The van der Waals surface area contributed by atoms with Crippen LogP contribution >= 0.6 is 0 Å². The molecule has 1 N–H and O–H groups in total. The van der Waals surface area contributed by atoms with E-state index in [0.29, 0.717) is 18.9 Å². The standard InChI is InChI=1S/C23H26N4O2/c28-22(13-18-14-24-21-6-2-1-5-19(18)21)26-10-8-16(9-11-26)15-27-23(29)12-17-4-3-7-20(17)25-27/h1-2,5-6,12,14,16,24H,3-4,7-11,13,15H2. The first-order valence-corrected chi connectivity index (χ1v) is 10.6. The van der Waals surface area contributed by atoms with Gasteiger partial charge >= 0.3 is 0 Å². The first-order valence-electron chi connectivity index (χ1n) is 10.6. The zero-order valence-corrected chi connectivity index (χ0v) is 16.6. The molecule has 0 bridgehead atoms. The highest BCUT2D eigenvalue weighted by Crippen LogP contribution is 2.23. The molecule has 6 nitrogen and oxygen atoms in total. The van der Waals surface area contributed by atoms with Crippen LogP contribution in [0.25, 0.3) is 10.9 Å². The molecule has 0 unspecified atom stereocenters. The highest BCUT2D eigenvalue weighted by atomic mass is 16.2. The Hall–Kier alpha value is -2.89. The van der Waals surface area contributed by atoms with Gasteiger partial charge in [0.2, 0.25) is 5.91 Å². The number of nitrogens with zero attached hydrogens (tertiary/aromatic N) is 3. The second kappa shape index (κ2) is 7.50. The van der Waals surface area contributed by atoms with Crippen LogP contribution in [0, 0.1) is 5.92 Å². The molecule has 1 aliphatic carbocycles. The molecule has 0 atom stereocenters. The lowest BCUT2D eigenvalue weighted by atomic mass is 9.96. The fourth-order valence-corrected chi connectivity index (χ4v) is 4.73. The van der Waals surface area contributed by atoms with E-state index in [9.17, 15) is 9.59 Å². The van der Waals surface area contributed by atoms with Gasteiger partial charge in [-0.1, -0.05) is 18.2 Å². The van der Waals surface area contributed by atoms with E-state index in [2.05, 4.69) is 16.1 Å². The number of carbonyl (C=O) groups is 1. The number of likely N-dealkylation sites (tertiary alicyclic amines) is 1. The smallest absolute Gasteiger partial charge is 0.267 e. The number of fused-ring (bicyclic) bond motifs is 2. The van der Waals surface area contributed by atoms with E-state index in [4.69, 9.17) is 0 Å². The lowest BCUT2D eigenvalue weighted by molar-refractivity contribution is -0.131. The molecule has 1 aliphatic heterocycles. The summed E-state index contributed by atoms with van der Waals surface area (Å²) in [5.41, 5.74) is 4.37. The average Bonchev–Trinajstić information content (AvgIpc) is 3.35. The Morgan fingerprint density at radius 1 is 1.17 bits per heavy atom. The van der Waals surface area contributed by atoms with Crippen molar-refractivity contribution < 1.29 is 4.79 Å². The van der Waals surface area contributed by atoms with Gasteiger partial charge in [-0.3, -0.25) is 9.59 Å². The summed E-state index contributed by atoms with van der Waals surface area (Å²) >= 11 is 0. The van der Waals surface area contributed by atoms with Gasteiger partial charge in [0.05, 0.1) is 12.1 Å². The number of aryl methyl sites for hydroxylation is 2. The van der Waals surface area contributed by atoms with Crippen LogP contribution in [-0.4, -0.2) is 38.7 Å². The minimum atomic E-state index is 0.0171. The Morgan fingerprint density at radius 2 is 2.00 bits per heavy atom. The van der Waals surface area contributed by atoms with Gasteiger partial charge in [-0.05, 0) is 55.2 Å². The highest BCUT2D eigenvalue weighted by molar-refractivity contribution is 5.88. The first kappa shape index (κ1) is 18.2. The topological polar surface area (TPSA) is 71.0 Å². The number of rotatable bonds is 4. The molecule has 0 spiro atoms. The van der Waals surface area contributed by atoms with Crippen LogP contribution in [0.15, 0.2) is 41.3 Å². The highest BCUT2D eigenvalue weighted by Gasteiger charge is 2.25. The number of H-pyrrole nitrogens is 1. The molecule has 0 radical (unpaired) electrons. The lowest BCUT2D eigenvalue weighted by Gasteiger charge is -2.32. The van der Waals surface area contributed by atoms with Gasteiger partial charge in [-0.25, -0.2) is 4.68 Å². The summed E-state index contributed by atoms with van der Waals surface area (Å²) in [4.78, 5) is 30.4. The number of benzene rings is 1. The zero-order valence-electron chi connectivity index (χ0n) is 16.6. The molecule has 150 valence electrons. The van der Waals surface area contributed by atoms with Gasteiger partial charge in [0.15, 0.2) is 0 Å². The second-order valence-electron chi connectivity index (χ2n) is 8.35. The second-order valence-corrected chi connectivity index (χ2v) is 8.35. The Kier molecular flexibility index (Phi) is 4.70. The van der Waals surface area contributed by atoms with Crippen LogP contribution in [0.3, 0.4) is 0 Å². The summed E-state index contributed by atoms with van der Waals surface area (Å²) < 4.78 is 1.65. The number of aromatic nitrogens is 3. The van der Waals surface area contributed by atoms with Gasteiger partial charge in [0.1, 0.15) is 0 Å². The van der Waals surface area contributed by atoms with Crippen LogP contribution in [0.5, 0.6) is 0 Å². The van der Waals surface area contributed by atoms with Crippen molar-refractivity contribution in [3.05, 3.63) is 63.7 Å². The van der Waals surface area contributed by atoms with Crippen molar-refractivity contribution in [1.82, 2.24) is 19.7 Å². The van der Waals surface area contributed by atoms with E-state index in [-0.39, 0.29) is 11.5 Å². The van der Waals surface area contributed by atoms with E-state index in [1.165, 1.54) is 0 Å². The lowest BCUT2D eigenvalue weighted by Crippen LogP contribution is -2.41. The molecule has 2 aliphatic rings. The van der Waals surface area contributed by atoms with E-state index in [1.807, 2.05) is 29.3 Å². The van der Waals surface area contributed by atoms with Crippen LogP contribution in [0.4, 0.5) is 0 Å². The summed E-state index contributed by atoms with van der Waals surface area (Å²) in [6, 6.07) is 9.86. The van der Waals surface area contributed by atoms with Gasteiger partial charge < -0.3 is 9.88 Å². The first-order chi connectivity index (χ1) is 14.2. The molecule has 29 heavy (non-hydrogen) atoms. The summed E-state index contributed by atoms with van der Waals surface area (Å²) in [5, 5.41) is 5.72. The van der Waals surface area contributed by atoms with Crippen LogP contribution in [0.1, 0.15) is 36.1 Å². The Balaban J connectivity index is 1.19. The fraction of sp³-hybridized carbons (Fsp3) is 0.435. The van der Waals surface area contributed by atoms with Crippen molar-refractivity contribution in [2.45, 2.75) is 45.1 Å². The van der Waals surface area contributed by atoms with Gasteiger partial charge in [0.25, 0.3) is 5.56 Å². The maximum atomic E-state index is 12.8. The van der Waals surface area contributed by atoms with E-state index in [1.54, 1.807) is 10.7 Å². The number of hydrogen-bond donors (Lipinski definition) is 1. The molecule has 6 heteroatoms. The predicted molar refractivity (Wildman–Crippen MR) is 112 cm³/mol. The normalized spacial score (nSPS) is 17.0. The minimum Gasteiger partial charge on any atom is -0.361 e. The van der Waals surface area contributed by atoms with E-state index >= 15 is 0 Å². The molecule has 1 saturated heterocycles. The molecular weight excluding hydrogens is 364 g/mol. The summed E-state index contributed by atoms with van der Waals surface area (Å²) in [7, 11) is 0. The third-order valence-corrected chi connectivity index (χ3v) is 6.44. The molecule has 0 saturated carbocycles. The van der Waals surface area contributed by atoms with Gasteiger partial charge in [0, 0.05) is 42.8 Å². The summed E-state index contributed by atoms with van der Waals surface area (Å²) in [6.45, 7) is 2.17. The minimum absolute atomic E-state index is 0.0171. The maximum Gasteiger partial charge on any atom is 0.267 e. The molecule has 1 fully saturated rings. The Bertz CT molecular complexity index is 1110. The number of nitrogens with one attached hydrogen (secondary N) is 1. The van der Waals surface area contributed by atoms with Crippen molar-refractivity contribution in [3.8, 4) is 0 Å². The number of carbonyl (C=O) groups excluding carboxylic acids is 1. The van der Waals surface area contributed by atoms with E-state index in [0.717, 1.165) is 72.9 Å². The third kappa shape index (κ3) is 3.59. The van der Waals surface area contributed by atoms with Gasteiger partial charge in [-0.2, -0.15) is 5.10 Å². The number of aromatic amines is 1. The average molecular weight is 390 g/mol. The Labute approximate surface area is 169 Å². The van der Waals surface area contributed by atoms with Crippen LogP contribution in [-0.2, 0) is 30.6 Å². The monoisotopic (exact) mass is 390 g/mol. The molecule has 3 aromatic rings. The molecule has 3 heterocycles. The number of piperidine rings is 1. The Morgan fingerprint density at radius 3 is 2.86 bits per heavy atom. The van der Waals surface area contributed by atoms with Crippen molar-refractivity contribution in [2.75, 3.05) is 13.1 Å². The van der Waals surface area contributed by atoms with Gasteiger partial charge in [-0.15, -0.1) is 0 Å². The summed E-state index contributed by atoms with van der Waals surface area (Å²) in [6.07, 6.45) is 7.28. The summed E-state index contributed by atoms with van der Waals surface area (Å²) in [5.74, 6) is 0.581. The van der Waals surface area contributed by atoms with Crippen molar-refractivity contribution in [3.63, 3.8) is 0 Å². The molecule has 5 rings (SSSR count). The maximum absolute atomic E-state index is 12.8. The number of hydrogen-bond acceptors (Lipinski definition) is 3. The van der Waals surface area contributed by atoms with Crippen LogP contribution < -0.4 is 5.56 Å².